The van der Waals surface area contributed by atoms with Crippen molar-refractivity contribution in [2.24, 2.45) is 5.92 Å². The largest absolute Gasteiger partial charge is 0.335 e. The first-order chi connectivity index (χ1) is 14.9. The van der Waals surface area contributed by atoms with Crippen molar-refractivity contribution in [1.29, 1.82) is 0 Å². The zero-order valence-corrected chi connectivity index (χ0v) is 19.1. The van der Waals surface area contributed by atoms with Gasteiger partial charge in [-0.2, -0.15) is 0 Å². The van der Waals surface area contributed by atoms with Crippen LogP contribution < -0.4 is 10.6 Å². The maximum atomic E-state index is 15.4. The zero-order valence-electron chi connectivity index (χ0n) is 18.3. The number of rotatable bonds is 7. The molecule has 1 aromatic heterocycles. The van der Waals surface area contributed by atoms with Crippen LogP contribution in [0.25, 0.3) is 5.57 Å². The van der Waals surface area contributed by atoms with Gasteiger partial charge in [0.2, 0.25) is 6.41 Å². The van der Waals surface area contributed by atoms with Crippen LogP contribution in [0.15, 0.2) is 42.1 Å². The highest BCUT2D eigenvalue weighted by atomic mass is 32.1. The highest BCUT2D eigenvalue weighted by molar-refractivity contribution is 7.14. The predicted molar refractivity (Wildman–Crippen MR) is 126 cm³/mol. The molecule has 4 nitrogen and oxygen atoms in total. The second kappa shape index (κ2) is 10.5. The summed E-state index contributed by atoms with van der Waals surface area (Å²) in [5, 5.41) is 5.24. The first kappa shape index (κ1) is 22.9. The van der Waals surface area contributed by atoms with Crippen LogP contribution in [0.3, 0.4) is 0 Å². The van der Waals surface area contributed by atoms with Crippen LogP contribution in [0, 0.1) is 11.7 Å². The molecule has 2 aromatic rings. The second-order valence-corrected chi connectivity index (χ2v) is 9.30. The molecule has 3 rings (SSSR count). The molecule has 0 unspecified atom stereocenters. The Kier molecular flexibility index (Phi) is 7.80. The van der Waals surface area contributed by atoms with Crippen molar-refractivity contribution in [3.05, 3.63) is 68.8 Å². The number of fused-ring (bicyclic) bond motifs is 1. The fraction of sp³-hybridized carbons (Fsp3) is 0.360. The number of carbonyl (C=O) groups is 2. The molecule has 0 saturated carbocycles. The van der Waals surface area contributed by atoms with E-state index in [0.717, 1.165) is 31.3 Å². The molecule has 0 saturated heterocycles. The lowest BCUT2D eigenvalue weighted by molar-refractivity contribution is -0.108. The Morgan fingerprint density at radius 2 is 1.97 bits per heavy atom. The Morgan fingerprint density at radius 1 is 1.19 bits per heavy atom. The van der Waals surface area contributed by atoms with Crippen LogP contribution in [0.2, 0.25) is 0 Å². The van der Waals surface area contributed by atoms with Crippen LogP contribution in [0.5, 0.6) is 0 Å². The normalized spacial score (nSPS) is 14.7. The van der Waals surface area contributed by atoms with Crippen LogP contribution in [0.1, 0.15) is 65.7 Å². The predicted octanol–water partition coefficient (Wildman–Crippen LogP) is 6.10. The molecule has 6 heteroatoms. The second-order valence-electron chi connectivity index (χ2n) is 8.17. The summed E-state index contributed by atoms with van der Waals surface area (Å²) in [6.07, 6.45) is 9.40. The third kappa shape index (κ3) is 5.70. The minimum Gasteiger partial charge on any atom is -0.335 e. The van der Waals surface area contributed by atoms with Crippen molar-refractivity contribution < 1.29 is 14.0 Å². The summed E-state index contributed by atoms with van der Waals surface area (Å²) >= 11 is 1.51. The van der Waals surface area contributed by atoms with E-state index in [2.05, 4.69) is 10.6 Å². The molecule has 0 bridgehead atoms. The van der Waals surface area contributed by atoms with Crippen molar-refractivity contribution in [1.82, 2.24) is 5.32 Å². The van der Waals surface area contributed by atoms with E-state index in [4.69, 9.17) is 0 Å². The van der Waals surface area contributed by atoms with E-state index in [1.807, 2.05) is 32.9 Å². The standard InChI is InChI=1S/C25H29FN2O2S/c1-16(2)17(3)12-19(14-27-15-29)20-9-7-10-21(24(20)26)28-25(30)23-13-18-8-5-4-6-11-22(18)31-23/h7,9-10,12-16H,4-6,8,11H2,1-3H3,(H,27,29)(H,28,30)/b17-12+,19-14+. The molecule has 0 atom stereocenters. The highest BCUT2D eigenvalue weighted by Crippen LogP contribution is 2.31. The fourth-order valence-electron chi connectivity index (χ4n) is 3.55. The van der Waals surface area contributed by atoms with E-state index >= 15 is 4.39 Å². The number of benzene rings is 1. The summed E-state index contributed by atoms with van der Waals surface area (Å²) in [7, 11) is 0. The van der Waals surface area contributed by atoms with E-state index in [0.29, 0.717) is 22.4 Å². The average molecular weight is 441 g/mol. The molecule has 1 heterocycles. The van der Waals surface area contributed by atoms with Gasteiger partial charge in [0.15, 0.2) is 5.82 Å². The van der Waals surface area contributed by atoms with Gasteiger partial charge in [-0.25, -0.2) is 4.39 Å². The highest BCUT2D eigenvalue weighted by Gasteiger charge is 2.19. The maximum absolute atomic E-state index is 15.4. The summed E-state index contributed by atoms with van der Waals surface area (Å²) in [6, 6.07) is 6.85. The van der Waals surface area contributed by atoms with Crippen LogP contribution in [0.4, 0.5) is 10.1 Å². The van der Waals surface area contributed by atoms with E-state index in [1.54, 1.807) is 18.2 Å². The van der Waals surface area contributed by atoms with Gasteiger partial charge in [-0.15, -0.1) is 11.3 Å². The average Bonchev–Trinajstić information content (AvgIpc) is 3.03. The Hall–Kier alpha value is -2.73. The van der Waals surface area contributed by atoms with E-state index < -0.39 is 5.82 Å². The van der Waals surface area contributed by atoms with Crippen LogP contribution >= 0.6 is 11.3 Å². The molecule has 1 aromatic carbocycles. The molecule has 1 aliphatic rings. The minimum atomic E-state index is -0.527. The van der Waals surface area contributed by atoms with E-state index in [9.17, 15) is 9.59 Å². The first-order valence-electron chi connectivity index (χ1n) is 10.7. The van der Waals surface area contributed by atoms with Gasteiger partial charge in [0, 0.05) is 22.2 Å². The first-order valence-corrected chi connectivity index (χ1v) is 11.5. The molecule has 0 fully saturated rings. The molecule has 2 N–H and O–H groups in total. The third-order valence-electron chi connectivity index (χ3n) is 5.63. The number of allylic oxidation sites excluding steroid dienone is 3. The van der Waals surface area contributed by atoms with Gasteiger partial charge in [-0.3, -0.25) is 9.59 Å². The Bertz CT molecular complexity index is 997. The summed E-state index contributed by atoms with van der Waals surface area (Å²) in [5.74, 6) is -0.542. The van der Waals surface area contributed by atoms with Crippen molar-refractivity contribution in [3.63, 3.8) is 0 Å². The lowest BCUT2D eigenvalue weighted by Gasteiger charge is -2.12. The molecule has 0 radical (unpaired) electrons. The number of hydrogen-bond donors (Lipinski definition) is 2. The number of aryl methyl sites for hydroxylation is 2. The number of nitrogens with one attached hydrogen (secondary N) is 2. The summed E-state index contributed by atoms with van der Waals surface area (Å²) in [4.78, 5) is 25.5. The topological polar surface area (TPSA) is 58.2 Å². The number of carbonyl (C=O) groups excluding carboxylic acids is 2. The number of anilines is 1. The van der Waals surface area contributed by atoms with Crippen LogP contribution in [-0.2, 0) is 17.6 Å². The van der Waals surface area contributed by atoms with Gasteiger partial charge < -0.3 is 10.6 Å². The monoisotopic (exact) mass is 440 g/mol. The van der Waals surface area contributed by atoms with Crippen molar-refractivity contribution in [3.8, 4) is 0 Å². The number of hydrogen-bond acceptors (Lipinski definition) is 3. The zero-order chi connectivity index (χ0) is 22.4. The van der Waals surface area contributed by atoms with Gasteiger partial charge in [0.1, 0.15) is 0 Å². The van der Waals surface area contributed by atoms with Gasteiger partial charge >= 0.3 is 0 Å². The molecule has 0 aliphatic heterocycles. The Balaban J connectivity index is 1.88. The van der Waals surface area contributed by atoms with Crippen molar-refractivity contribution in [2.45, 2.75) is 52.9 Å². The summed E-state index contributed by atoms with van der Waals surface area (Å²) < 4.78 is 15.4. The Labute approximate surface area is 187 Å². The molecule has 0 spiro atoms. The lowest BCUT2D eigenvalue weighted by atomic mass is 9.98. The van der Waals surface area contributed by atoms with Gasteiger partial charge in [0.25, 0.3) is 5.91 Å². The van der Waals surface area contributed by atoms with Crippen molar-refractivity contribution >= 4 is 34.9 Å². The lowest BCUT2D eigenvalue weighted by Crippen LogP contribution is -2.12. The van der Waals surface area contributed by atoms with E-state index in [-0.39, 0.29) is 17.5 Å². The SMILES string of the molecule is C/C(=C\C(=C/NC=O)c1cccc(NC(=O)c2cc3c(s2)CCCCC3)c1F)C(C)C. The molecular weight excluding hydrogens is 411 g/mol. The molecule has 164 valence electrons. The summed E-state index contributed by atoms with van der Waals surface area (Å²) in [5.41, 5.74) is 3.27. The van der Waals surface area contributed by atoms with Crippen LogP contribution in [-0.4, -0.2) is 12.3 Å². The third-order valence-corrected chi connectivity index (χ3v) is 6.86. The molecule has 2 amide bonds. The minimum absolute atomic E-state index is 0.124. The maximum Gasteiger partial charge on any atom is 0.265 e. The van der Waals surface area contributed by atoms with Crippen molar-refractivity contribution in [2.75, 3.05) is 5.32 Å². The fourth-order valence-corrected chi connectivity index (χ4v) is 4.70. The summed E-state index contributed by atoms with van der Waals surface area (Å²) in [6.45, 7) is 6.06. The van der Waals surface area contributed by atoms with Gasteiger partial charge in [0.05, 0.1) is 10.6 Å². The smallest absolute Gasteiger partial charge is 0.265 e. The number of halogens is 1. The van der Waals surface area contributed by atoms with Gasteiger partial charge in [-0.1, -0.05) is 44.1 Å². The molecule has 31 heavy (non-hydrogen) atoms. The molecular formula is C25H29FN2O2S. The Morgan fingerprint density at radius 3 is 2.71 bits per heavy atom. The number of amides is 2. The molecule has 1 aliphatic carbocycles. The van der Waals surface area contributed by atoms with Gasteiger partial charge in [-0.05, 0) is 56.2 Å². The number of thiophene rings is 1. The van der Waals surface area contributed by atoms with E-state index in [1.165, 1.54) is 34.4 Å². The quantitative estimate of drug-likeness (QED) is 0.311.